The van der Waals surface area contributed by atoms with E-state index < -0.39 is 11.9 Å². The van der Waals surface area contributed by atoms with Crippen molar-refractivity contribution in [3.63, 3.8) is 0 Å². The van der Waals surface area contributed by atoms with Crippen molar-refractivity contribution in [2.24, 2.45) is 0 Å². The van der Waals surface area contributed by atoms with Crippen LogP contribution >= 0.6 is 15.9 Å². The zero-order chi connectivity index (χ0) is 18.2. The van der Waals surface area contributed by atoms with Gasteiger partial charge >= 0.3 is 5.97 Å². The first-order valence-corrected chi connectivity index (χ1v) is 7.96. The highest BCUT2D eigenvalue weighted by molar-refractivity contribution is 9.10. The summed E-state index contributed by atoms with van der Waals surface area (Å²) in [6.07, 6.45) is 1.30. The van der Waals surface area contributed by atoms with E-state index in [1.165, 1.54) is 19.4 Å². The van der Waals surface area contributed by atoms with Gasteiger partial charge in [-0.2, -0.15) is 5.26 Å². The SMILES string of the molecule is COC(=O)c1ccccc1NC(=O)/C(C#N)=C\Nc1ccccc1Br. The molecule has 2 N–H and O–H groups in total. The molecule has 0 aliphatic heterocycles. The largest absolute Gasteiger partial charge is 0.465 e. The number of esters is 1. The predicted octanol–water partition coefficient (Wildman–Crippen LogP) is 3.69. The van der Waals surface area contributed by atoms with E-state index in [1.54, 1.807) is 24.3 Å². The number of anilines is 2. The Labute approximate surface area is 153 Å². The number of amides is 1. The van der Waals surface area contributed by atoms with Gasteiger partial charge in [-0.1, -0.05) is 24.3 Å². The first-order chi connectivity index (χ1) is 12.1. The molecule has 0 saturated heterocycles. The second kappa shape index (κ2) is 8.66. The number of methoxy groups -OCH3 is 1. The van der Waals surface area contributed by atoms with Crippen LogP contribution < -0.4 is 10.6 Å². The Balaban J connectivity index is 2.19. The van der Waals surface area contributed by atoms with E-state index >= 15 is 0 Å². The summed E-state index contributed by atoms with van der Waals surface area (Å²) >= 11 is 3.37. The van der Waals surface area contributed by atoms with Crippen LogP contribution in [0.15, 0.2) is 64.8 Å². The lowest BCUT2D eigenvalue weighted by Crippen LogP contribution is -2.17. The smallest absolute Gasteiger partial charge is 0.339 e. The lowest BCUT2D eigenvalue weighted by molar-refractivity contribution is -0.112. The van der Waals surface area contributed by atoms with Crippen LogP contribution in [0.3, 0.4) is 0 Å². The molecular formula is C18H14BrN3O3. The van der Waals surface area contributed by atoms with Gasteiger partial charge in [-0.3, -0.25) is 4.79 Å². The third kappa shape index (κ3) is 4.68. The third-order valence-corrected chi connectivity index (χ3v) is 3.88. The van der Waals surface area contributed by atoms with Gasteiger partial charge in [0, 0.05) is 10.7 Å². The lowest BCUT2D eigenvalue weighted by Gasteiger charge is -2.09. The zero-order valence-corrected chi connectivity index (χ0v) is 14.8. The van der Waals surface area contributed by atoms with E-state index in [-0.39, 0.29) is 16.8 Å². The van der Waals surface area contributed by atoms with Gasteiger partial charge in [0.15, 0.2) is 0 Å². The van der Waals surface area contributed by atoms with Crippen LogP contribution in [0, 0.1) is 11.3 Å². The Morgan fingerprint density at radius 2 is 1.76 bits per heavy atom. The highest BCUT2D eigenvalue weighted by Crippen LogP contribution is 2.21. The number of nitrogens with one attached hydrogen (secondary N) is 2. The molecule has 0 saturated carbocycles. The van der Waals surface area contributed by atoms with Gasteiger partial charge < -0.3 is 15.4 Å². The lowest BCUT2D eigenvalue weighted by atomic mass is 10.1. The number of carbonyl (C=O) groups excluding carboxylic acids is 2. The van der Waals surface area contributed by atoms with Crippen molar-refractivity contribution in [1.29, 1.82) is 5.26 Å². The Kier molecular flexibility index (Phi) is 6.32. The summed E-state index contributed by atoms with van der Waals surface area (Å²) in [7, 11) is 1.25. The van der Waals surface area contributed by atoms with Crippen molar-refractivity contribution in [2.75, 3.05) is 17.7 Å². The average Bonchev–Trinajstić information content (AvgIpc) is 2.63. The second-order valence-electron chi connectivity index (χ2n) is 4.79. The summed E-state index contributed by atoms with van der Waals surface area (Å²) in [5.41, 5.74) is 1.03. The van der Waals surface area contributed by atoms with Crippen LogP contribution in [0.5, 0.6) is 0 Å². The molecule has 2 aromatic rings. The number of nitrogens with zero attached hydrogens (tertiary/aromatic N) is 1. The van der Waals surface area contributed by atoms with E-state index in [0.717, 1.165) is 4.47 Å². The molecule has 0 bridgehead atoms. The number of carbonyl (C=O) groups is 2. The van der Waals surface area contributed by atoms with Gasteiger partial charge in [0.05, 0.1) is 24.0 Å². The van der Waals surface area contributed by atoms with Gasteiger partial charge in [0.25, 0.3) is 5.91 Å². The van der Waals surface area contributed by atoms with Gasteiger partial charge in [-0.25, -0.2) is 4.79 Å². The summed E-state index contributed by atoms with van der Waals surface area (Å²) in [4.78, 5) is 24.0. The molecule has 0 aromatic heterocycles. The van der Waals surface area contributed by atoms with Gasteiger partial charge in [-0.15, -0.1) is 0 Å². The predicted molar refractivity (Wildman–Crippen MR) is 97.9 cm³/mol. The molecule has 126 valence electrons. The van der Waals surface area contributed by atoms with Crippen LogP contribution in [0.4, 0.5) is 11.4 Å². The van der Waals surface area contributed by atoms with Crippen molar-refractivity contribution < 1.29 is 14.3 Å². The summed E-state index contributed by atoms with van der Waals surface area (Å²) < 4.78 is 5.47. The van der Waals surface area contributed by atoms with E-state index in [0.29, 0.717) is 5.69 Å². The monoisotopic (exact) mass is 399 g/mol. The number of rotatable bonds is 5. The molecule has 2 rings (SSSR count). The summed E-state index contributed by atoms with van der Waals surface area (Å²) in [6.45, 7) is 0. The first-order valence-electron chi connectivity index (χ1n) is 7.17. The number of hydrogen-bond acceptors (Lipinski definition) is 5. The Hall–Kier alpha value is -3.11. The third-order valence-electron chi connectivity index (χ3n) is 3.19. The van der Waals surface area contributed by atoms with Gasteiger partial charge in [0.1, 0.15) is 11.6 Å². The molecule has 0 spiro atoms. The standard InChI is InChI=1S/C18H14BrN3O3/c1-25-18(24)13-6-2-4-8-15(13)22-17(23)12(10-20)11-21-16-9-5-3-7-14(16)19/h2-9,11,21H,1H3,(H,22,23)/b12-11-. The van der Waals surface area contributed by atoms with Crippen LogP contribution in [-0.2, 0) is 9.53 Å². The molecule has 0 radical (unpaired) electrons. The number of benzene rings is 2. The second-order valence-corrected chi connectivity index (χ2v) is 5.64. The molecule has 0 heterocycles. The number of halogens is 1. The van der Waals surface area contributed by atoms with Crippen molar-refractivity contribution in [3.05, 3.63) is 70.3 Å². The minimum absolute atomic E-state index is 0.143. The number of nitriles is 1. The maximum absolute atomic E-state index is 12.3. The van der Waals surface area contributed by atoms with Crippen LogP contribution in [0.2, 0.25) is 0 Å². The zero-order valence-electron chi connectivity index (χ0n) is 13.2. The van der Waals surface area contributed by atoms with E-state index in [9.17, 15) is 14.9 Å². The molecule has 2 aromatic carbocycles. The quantitative estimate of drug-likeness (QED) is 0.454. The first kappa shape index (κ1) is 18.2. The molecule has 0 aliphatic rings. The van der Waals surface area contributed by atoms with E-state index in [4.69, 9.17) is 0 Å². The van der Waals surface area contributed by atoms with E-state index in [2.05, 4.69) is 31.3 Å². The summed E-state index contributed by atoms with van der Waals surface area (Å²) in [6, 6.07) is 15.5. The molecule has 0 atom stereocenters. The fourth-order valence-corrected chi connectivity index (χ4v) is 2.35. The van der Waals surface area contributed by atoms with Crippen molar-refractivity contribution in [2.45, 2.75) is 0 Å². The van der Waals surface area contributed by atoms with Gasteiger partial charge in [-0.05, 0) is 40.2 Å². The fourth-order valence-electron chi connectivity index (χ4n) is 1.95. The molecule has 25 heavy (non-hydrogen) atoms. The van der Waals surface area contributed by atoms with Crippen LogP contribution in [0.1, 0.15) is 10.4 Å². The number of para-hydroxylation sites is 2. The minimum Gasteiger partial charge on any atom is -0.465 e. The summed E-state index contributed by atoms with van der Waals surface area (Å²) in [5.74, 6) is -1.22. The Morgan fingerprint density at radius 3 is 2.40 bits per heavy atom. The van der Waals surface area contributed by atoms with E-state index in [1.807, 2.05) is 24.3 Å². The van der Waals surface area contributed by atoms with Crippen molar-refractivity contribution in [1.82, 2.24) is 0 Å². The minimum atomic E-state index is -0.640. The molecule has 0 aliphatic carbocycles. The average molecular weight is 400 g/mol. The fraction of sp³-hybridized carbons (Fsp3) is 0.0556. The van der Waals surface area contributed by atoms with Gasteiger partial charge in [0.2, 0.25) is 0 Å². The van der Waals surface area contributed by atoms with Crippen LogP contribution in [0.25, 0.3) is 0 Å². The Morgan fingerprint density at radius 1 is 1.12 bits per heavy atom. The Bertz CT molecular complexity index is 872. The maximum Gasteiger partial charge on any atom is 0.339 e. The molecule has 0 unspecified atom stereocenters. The highest BCUT2D eigenvalue weighted by atomic mass is 79.9. The molecular weight excluding hydrogens is 386 g/mol. The summed E-state index contributed by atoms with van der Waals surface area (Å²) in [5, 5.41) is 14.7. The number of hydrogen-bond donors (Lipinski definition) is 2. The van der Waals surface area contributed by atoms with Crippen molar-refractivity contribution >= 4 is 39.2 Å². The highest BCUT2D eigenvalue weighted by Gasteiger charge is 2.15. The number of ether oxygens (including phenoxy) is 1. The molecule has 0 fully saturated rings. The maximum atomic E-state index is 12.3. The molecule has 1 amide bonds. The topological polar surface area (TPSA) is 91.2 Å². The normalized spacial score (nSPS) is 10.5. The molecule has 7 heteroatoms. The van der Waals surface area contributed by atoms with Crippen molar-refractivity contribution in [3.8, 4) is 6.07 Å². The van der Waals surface area contributed by atoms with Crippen LogP contribution in [-0.4, -0.2) is 19.0 Å². The molecule has 6 nitrogen and oxygen atoms in total.